The van der Waals surface area contributed by atoms with E-state index in [1.807, 2.05) is 0 Å². The molecule has 1 fully saturated rings. The number of carbonyl (C=O) groups is 1. The fourth-order valence-electron chi connectivity index (χ4n) is 3.99. The molecule has 0 saturated carbocycles. The molecule has 1 saturated heterocycles. The lowest BCUT2D eigenvalue weighted by atomic mass is 9.89. The first-order chi connectivity index (χ1) is 14.4. The maximum Gasteiger partial charge on any atom is 0.328 e. The second-order valence-electron chi connectivity index (χ2n) is 7.68. The number of nitrogen functional groups attached to an aromatic ring is 1. The number of hydrogen-bond acceptors (Lipinski definition) is 5. The normalized spacial score (nSPS) is 14.5. The van der Waals surface area contributed by atoms with Crippen LogP contribution in [0.25, 0.3) is 10.9 Å². The molecule has 7 nitrogen and oxygen atoms in total. The van der Waals surface area contributed by atoms with E-state index in [4.69, 9.17) is 5.73 Å². The number of H-pyrrole nitrogens is 1. The van der Waals surface area contributed by atoms with Crippen LogP contribution in [0.5, 0.6) is 0 Å². The Bertz CT molecular complexity index is 1200. The molecule has 0 amide bonds. The lowest BCUT2D eigenvalue weighted by Crippen LogP contribution is -2.42. The van der Waals surface area contributed by atoms with Gasteiger partial charge < -0.3 is 15.6 Å². The first-order valence-corrected chi connectivity index (χ1v) is 9.97. The molecular formula is C22H25Cl2FN4O3. The summed E-state index contributed by atoms with van der Waals surface area (Å²) in [6, 6.07) is 10.5. The monoisotopic (exact) mass is 482 g/mol. The summed E-state index contributed by atoms with van der Waals surface area (Å²) in [5.41, 5.74) is 6.36. The summed E-state index contributed by atoms with van der Waals surface area (Å²) >= 11 is 0. The number of halogens is 3. The van der Waals surface area contributed by atoms with Gasteiger partial charge in [-0.2, -0.15) is 0 Å². The van der Waals surface area contributed by atoms with E-state index in [1.165, 1.54) is 28.8 Å². The molecule has 1 aromatic heterocycles. The number of likely N-dealkylation sites (tertiary alicyclic amines) is 1. The number of aromatic amines is 1. The van der Waals surface area contributed by atoms with Crippen molar-refractivity contribution >= 4 is 47.2 Å². The van der Waals surface area contributed by atoms with Crippen LogP contribution in [0.2, 0.25) is 0 Å². The lowest BCUT2D eigenvalue weighted by molar-refractivity contribution is 0.0837. The minimum atomic E-state index is -0.459. The predicted octanol–water partition coefficient (Wildman–Crippen LogP) is 2.85. The Morgan fingerprint density at radius 1 is 1.03 bits per heavy atom. The van der Waals surface area contributed by atoms with Gasteiger partial charge in [0.25, 0.3) is 5.56 Å². The zero-order valence-electron chi connectivity index (χ0n) is 17.3. The number of piperidine rings is 1. The molecule has 4 rings (SSSR count). The summed E-state index contributed by atoms with van der Waals surface area (Å²) in [7, 11) is 0. The Morgan fingerprint density at radius 2 is 1.69 bits per heavy atom. The van der Waals surface area contributed by atoms with E-state index in [0.717, 1.165) is 0 Å². The molecule has 0 atom stereocenters. The molecule has 10 heteroatoms. The number of Topliss-reactive ketones (excluding diaryl/α,β-unsaturated/α-hetero) is 1. The van der Waals surface area contributed by atoms with Gasteiger partial charge in [-0.05, 0) is 68.4 Å². The third kappa shape index (κ3) is 5.38. The average molecular weight is 483 g/mol. The summed E-state index contributed by atoms with van der Waals surface area (Å²) in [4.78, 5) is 42.5. The quantitative estimate of drug-likeness (QED) is 0.430. The van der Waals surface area contributed by atoms with Crippen molar-refractivity contribution in [1.29, 1.82) is 0 Å². The summed E-state index contributed by atoms with van der Waals surface area (Å²) < 4.78 is 14.3. The van der Waals surface area contributed by atoms with Crippen LogP contribution in [0.15, 0.2) is 52.1 Å². The van der Waals surface area contributed by atoms with Crippen molar-refractivity contribution in [2.45, 2.75) is 19.4 Å². The molecule has 172 valence electrons. The minimum Gasteiger partial charge on any atom is -0.399 e. The van der Waals surface area contributed by atoms with Gasteiger partial charge in [-0.1, -0.05) is 0 Å². The first-order valence-electron chi connectivity index (χ1n) is 9.97. The lowest BCUT2D eigenvalue weighted by Gasteiger charge is -2.31. The number of rotatable bonds is 5. The van der Waals surface area contributed by atoms with Crippen LogP contribution in [0.4, 0.5) is 10.1 Å². The fourth-order valence-corrected chi connectivity index (χ4v) is 3.99. The number of nitrogens with zero attached hydrogens (tertiary/aromatic N) is 2. The van der Waals surface area contributed by atoms with Gasteiger partial charge in [0.1, 0.15) is 5.82 Å². The zero-order valence-corrected chi connectivity index (χ0v) is 18.9. The maximum absolute atomic E-state index is 13.1. The molecular weight excluding hydrogens is 458 g/mol. The molecule has 3 aromatic rings. The highest BCUT2D eigenvalue weighted by molar-refractivity contribution is 5.97. The van der Waals surface area contributed by atoms with Crippen LogP contribution < -0.4 is 17.0 Å². The van der Waals surface area contributed by atoms with Crippen LogP contribution in [0.1, 0.15) is 23.2 Å². The van der Waals surface area contributed by atoms with E-state index in [9.17, 15) is 18.8 Å². The largest absolute Gasteiger partial charge is 0.399 e. The number of carbonyl (C=O) groups excluding carboxylic acids is 1. The van der Waals surface area contributed by atoms with Gasteiger partial charge in [0.05, 0.1) is 10.9 Å². The highest BCUT2D eigenvalue weighted by Crippen LogP contribution is 2.22. The molecule has 32 heavy (non-hydrogen) atoms. The van der Waals surface area contributed by atoms with Gasteiger partial charge in [-0.3, -0.25) is 14.2 Å². The third-order valence-corrected chi connectivity index (χ3v) is 5.73. The van der Waals surface area contributed by atoms with Gasteiger partial charge in [-0.15, -0.1) is 24.8 Å². The van der Waals surface area contributed by atoms with Crippen molar-refractivity contribution < 1.29 is 9.18 Å². The highest BCUT2D eigenvalue weighted by Gasteiger charge is 2.25. The summed E-state index contributed by atoms with van der Waals surface area (Å²) in [5.74, 6) is -0.413. The molecule has 0 spiro atoms. The number of benzene rings is 2. The van der Waals surface area contributed by atoms with Gasteiger partial charge in [0.2, 0.25) is 0 Å². The Morgan fingerprint density at radius 3 is 2.34 bits per heavy atom. The standard InChI is InChI=1S/C22H23FN4O3.2ClH/c23-16-3-1-14(2-4-16)20(28)15-7-9-26(10-8-15)11-12-27-21(29)18-6-5-17(24)13-19(18)25-22(27)30;;/h1-6,13,15H,7-12,24H2,(H,25,30);2*1H. The molecule has 0 unspecified atom stereocenters. The minimum absolute atomic E-state index is 0. The van der Waals surface area contributed by atoms with Crippen molar-refractivity contribution in [3.8, 4) is 0 Å². The van der Waals surface area contributed by atoms with Crippen molar-refractivity contribution in [2.24, 2.45) is 5.92 Å². The number of aromatic nitrogens is 2. The molecule has 3 N–H and O–H groups in total. The molecule has 1 aliphatic heterocycles. The number of hydrogen-bond donors (Lipinski definition) is 2. The number of fused-ring (bicyclic) bond motifs is 1. The number of ketones is 1. The van der Waals surface area contributed by atoms with E-state index < -0.39 is 5.69 Å². The van der Waals surface area contributed by atoms with Gasteiger partial charge in [0.15, 0.2) is 5.78 Å². The SMILES string of the molecule is Cl.Cl.Nc1ccc2c(=O)n(CCN3CCC(C(=O)c4ccc(F)cc4)CC3)c(=O)[nH]c2c1. The van der Waals surface area contributed by atoms with Gasteiger partial charge in [-0.25, -0.2) is 9.18 Å². The Kier molecular flexibility index (Phi) is 8.60. The maximum atomic E-state index is 13.1. The van der Waals surface area contributed by atoms with Crippen molar-refractivity contribution in [1.82, 2.24) is 14.5 Å². The predicted molar refractivity (Wildman–Crippen MR) is 128 cm³/mol. The molecule has 2 aromatic carbocycles. The molecule has 0 bridgehead atoms. The van der Waals surface area contributed by atoms with E-state index >= 15 is 0 Å². The van der Waals surface area contributed by atoms with E-state index in [0.29, 0.717) is 54.6 Å². The number of nitrogens with two attached hydrogens (primary N) is 1. The van der Waals surface area contributed by atoms with Crippen LogP contribution in [0.3, 0.4) is 0 Å². The highest BCUT2D eigenvalue weighted by atomic mass is 35.5. The third-order valence-electron chi connectivity index (χ3n) is 5.73. The first kappa shape index (κ1) is 25.6. The van der Waals surface area contributed by atoms with Crippen LogP contribution in [-0.4, -0.2) is 39.9 Å². The average Bonchev–Trinajstić information content (AvgIpc) is 2.74. The van der Waals surface area contributed by atoms with Crippen LogP contribution >= 0.6 is 24.8 Å². The summed E-state index contributed by atoms with van der Waals surface area (Å²) in [6.45, 7) is 2.22. The second-order valence-corrected chi connectivity index (χ2v) is 7.68. The van der Waals surface area contributed by atoms with Gasteiger partial charge >= 0.3 is 5.69 Å². The Hall–Kier alpha value is -2.68. The molecule has 0 aliphatic carbocycles. The van der Waals surface area contributed by atoms with E-state index in [-0.39, 0.29) is 54.4 Å². The van der Waals surface area contributed by atoms with Crippen molar-refractivity contribution in [2.75, 3.05) is 25.4 Å². The Labute approximate surface area is 196 Å². The topological polar surface area (TPSA) is 101 Å². The van der Waals surface area contributed by atoms with Crippen molar-refractivity contribution in [3.05, 3.63) is 74.7 Å². The van der Waals surface area contributed by atoms with Gasteiger partial charge in [0, 0.05) is 30.3 Å². The van der Waals surface area contributed by atoms with Crippen molar-refractivity contribution in [3.63, 3.8) is 0 Å². The van der Waals surface area contributed by atoms with E-state index in [2.05, 4.69) is 9.88 Å². The summed E-state index contributed by atoms with van der Waals surface area (Å²) in [6.07, 6.45) is 1.39. The van der Waals surface area contributed by atoms with Crippen LogP contribution in [0, 0.1) is 11.7 Å². The number of anilines is 1. The number of nitrogens with one attached hydrogen (secondary N) is 1. The zero-order chi connectivity index (χ0) is 21.3. The smallest absolute Gasteiger partial charge is 0.328 e. The van der Waals surface area contributed by atoms with Crippen LogP contribution in [-0.2, 0) is 6.54 Å². The molecule has 1 aliphatic rings. The second kappa shape index (κ2) is 10.8. The fraction of sp³-hybridized carbons (Fsp3) is 0.318. The molecule has 2 heterocycles. The summed E-state index contributed by atoms with van der Waals surface area (Å²) in [5, 5.41) is 0.424. The Balaban J connectivity index is 0.00000181. The van der Waals surface area contributed by atoms with E-state index in [1.54, 1.807) is 18.2 Å². The molecule has 0 radical (unpaired) electrons.